The average molecular weight is 281 g/mol. The maximum absolute atomic E-state index is 8.85. The topological polar surface area (TPSA) is 97.3 Å². The molecule has 0 saturated heterocycles. The third kappa shape index (κ3) is 2.44. The number of amidine groups is 1. The Labute approximate surface area is 112 Å². The maximum atomic E-state index is 8.85. The minimum absolute atomic E-state index is 0.0320. The molecule has 0 radical (unpaired) electrons. The minimum atomic E-state index is 0.0320. The highest BCUT2D eigenvalue weighted by atomic mass is 32.2. The fraction of sp³-hybridized carbons (Fsp3) is 0.200. The zero-order chi connectivity index (χ0) is 13.1. The van der Waals surface area contributed by atoms with Gasteiger partial charge in [0.05, 0.1) is 11.3 Å². The summed E-state index contributed by atoms with van der Waals surface area (Å²) in [6, 6.07) is 0. The molecular formula is C10H11N5OS2. The summed E-state index contributed by atoms with van der Waals surface area (Å²) in [4.78, 5) is 4.16. The highest BCUT2D eigenvalue weighted by molar-refractivity contribution is 8.01. The van der Waals surface area contributed by atoms with Crippen molar-refractivity contribution in [3.05, 3.63) is 28.4 Å². The molecule has 2 aromatic heterocycles. The van der Waals surface area contributed by atoms with E-state index >= 15 is 0 Å². The Morgan fingerprint density at radius 1 is 1.44 bits per heavy atom. The smallest absolute Gasteiger partial charge is 0.173 e. The van der Waals surface area contributed by atoms with E-state index in [1.165, 1.54) is 23.1 Å². The summed E-state index contributed by atoms with van der Waals surface area (Å²) >= 11 is 2.85. The van der Waals surface area contributed by atoms with Gasteiger partial charge in [0, 0.05) is 11.6 Å². The lowest BCUT2D eigenvalue weighted by Gasteiger charge is -2.09. The van der Waals surface area contributed by atoms with E-state index in [-0.39, 0.29) is 5.84 Å². The van der Waals surface area contributed by atoms with Crippen molar-refractivity contribution in [1.82, 2.24) is 15.2 Å². The highest BCUT2D eigenvalue weighted by Gasteiger charge is 2.17. The largest absolute Gasteiger partial charge is 0.409 e. The zero-order valence-corrected chi connectivity index (χ0v) is 11.4. The van der Waals surface area contributed by atoms with Crippen molar-refractivity contribution in [1.29, 1.82) is 0 Å². The lowest BCUT2D eigenvalue weighted by atomic mass is 10.1. The highest BCUT2D eigenvalue weighted by Crippen LogP contribution is 2.31. The van der Waals surface area contributed by atoms with E-state index in [9.17, 15) is 0 Å². The van der Waals surface area contributed by atoms with Crippen LogP contribution in [-0.2, 0) is 0 Å². The van der Waals surface area contributed by atoms with Crippen molar-refractivity contribution in [2.24, 2.45) is 10.9 Å². The molecule has 0 aliphatic rings. The molecule has 0 saturated carbocycles. The first-order valence-corrected chi connectivity index (χ1v) is 6.72. The van der Waals surface area contributed by atoms with Crippen molar-refractivity contribution in [2.45, 2.75) is 23.2 Å². The molecule has 2 heterocycles. The Hall–Kier alpha value is -1.67. The van der Waals surface area contributed by atoms with Crippen LogP contribution in [0.25, 0.3) is 0 Å². The van der Waals surface area contributed by atoms with E-state index in [0.717, 1.165) is 15.6 Å². The summed E-state index contributed by atoms with van der Waals surface area (Å²) in [7, 11) is 0. The number of aromatic nitrogens is 3. The van der Waals surface area contributed by atoms with Crippen LogP contribution in [0.2, 0.25) is 0 Å². The molecule has 0 aromatic carbocycles. The molecule has 18 heavy (non-hydrogen) atoms. The van der Waals surface area contributed by atoms with Crippen molar-refractivity contribution >= 4 is 28.9 Å². The molecule has 2 rings (SSSR count). The standard InChI is InChI=1S/C10H11N5OS2/c1-5-6(2)13-14-9(7(5)8(11)15-16)18-10-12-3-4-17-10/h3-4,16H,1-2H3,(H2,11,15). The summed E-state index contributed by atoms with van der Waals surface area (Å²) in [6.07, 6.45) is 1.71. The van der Waals surface area contributed by atoms with Crippen LogP contribution in [0.3, 0.4) is 0 Å². The number of hydrogen-bond donors (Lipinski definition) is 2. The van der Waals surface area contributed by atoms with Gasteiger partial charge in [0.25, 0.3) is 0 Å². The van der Waals surface area contributed by atoms with E-state index in [4.69, 9.17) is 10.9 Å². The van der Waals surface area contributed by atoms with Crippen molar-refractivity contribution in [3.63, 3.8) is 0 Å². The average Bonchev–Trinajstić information content (AvgIpc) is 2.86. The first kappa shape index (κ1) is 12.8. The minimum Gasteiger partial charge on any atom is -0.409 e. The van der Waals surface area contributed by atoms with Crippen LogP contribution >= 0.6 is 23.1 Å². The molecule has 94 valence electrons. The van der Waals surface area contributed by atoms with Gasteiger partial charge in [0.1, 0.15) is 5.03 Å². The molecule has 8 heteroatoms. The van der Waals surface area contributed by atoms with Gasteiger partial charge in [-0.1, -0.05) is 5.16 Å². The quantitative estimate of drug-likeness (QED) is 0.385. The maximum Gasteiger partial charge on any atom is 0.173 e. The van der Waals surface area contributed by atoms with Crippen LogP contribution in [-0.4, -0.2) is 26.2 Å². The lowest BCUT2D eigenvalue weighted by Crippen LogP contribution is -2.18. The molecule has 0 aliphatic carbocycles. The van der Waals surface area contributed by atoms with E-state index in [2.05, 4.69) is 20.3 Å². The summed E-state index contributed by atoms with van der Waals surface area (Å²) < 4.78 is 0.833. The number of nitrogens with two attached hydrogens (primary N) is 1. The molecule has 0 atom stereocenters. The van der Waals surface area contributed by atoms with Gasteiger partial charge in [-0.2, -0.15) is 5.10 Å². The molecule has 0 aliphatic heterocycles. The second kappa shape index (κ2) is 5.32. The van der Waals surface area contributed by atoms with Crippen molar-refractivity contribution < 1.29 is 5.21 Å². The molecule has 0 bridgehead atoms. The molecule has 0 unspecified atom stereocenters. The van der Waals surface area contributed by atoms with E-state index in [1.807, 2.05) is 19.2 Å². The third-order valence-electron chi connectivity index (χ3n) is 2.38. The predicted octanol–water partition coefficient (Wildman–Crippen LogP) is 1.80. The molecule has 6 nitrogen and oxygen atoms in total. The summed E-state index contributed by atoms with van der Waals surface area (Å²) in [5.41, 5.74) is 7.89. The fourth-order valence-electron chi connectivity index (χ4n) is 1.35. The number of rotatable bonds is 3. The van der Waals surface area contributed by atoms with E-state index < -0.39 is 0 Å². The Balaban J connectivity index is 2.50. The van der Waals surface area contributed by atoms with Gasteiger partial charge in [0.2, 0.25) is 0 Å². The number of aryl methyl sites for hydroxylation is 1. The zero-order valence-electron chi connectivity index (χ0n) is 9.78. The third-order valence-corrected chi connectivity index (χ3v) is 4.24. The number of thiazole rings is 1. The van der Waals surface area contributed by atoms with Gasteiger partial charge < -0.3 is 10.9 Å². The van der Waals surface area contributed by atoms with Crippen LogP contribution in [0, 0.1) is 13.8 Å². The van der Waals surface area contributed by atoms with E-state index in [0.29, 0.717) is 10.6 Å². The normalized spacial score (nSPS) is 11.8. The SMILES string of the molecule is Cc1nnc(Sc2nccs2)c(C(N)=NO)c1C. The molecule has 0 amide bonds. The monoisotopic (exact) mass is 281 g/mol. The van der Waals surface area contributed by atoms with Crippen molar-refractivity contribution in [2.75, 3.05) is 0 Å². The summed E-state index contributed by atoms with van der Waals surface area (Å²) in [6.45, 7) is 3.69. The van der Waals surface area contributed by atoms with Gasteiger partial charge >= 0.3 is 0 Å². The summed E-state index contributed by atoms with van der Waals surface area (Å²) in [5.74, 6) is 0.0320. The Kier molecular flexibility index (Phi) is 3.78. The number of nitrogens with zero attached hydrogens (tertiary/aromatic N) is 4. The van der Waals surface area contributed by atoms with Gasteiger partial charge in [-0.15, -0.1) is 16.4 Å². The first-order valence-electron chi connectivity index (χ1n) is 5.02. The number of oxime groups is 1. The molecular weight excluding hydrogens is 270 g/mol. The van der Waals surface area contributed by atoms with Gasteiger partial charge in [-0.05, 0) is 31.2 Å². The predicted molar refractivity (Wildman–Crippen MR) is 70.3 cm³/mol. The molecule has 0 spiro atoms. The van der Waals surface area contributed by atoms with Crippen LogP contribution in [0.4, 0.5) is 0 Å². The van der Waals surface area contributed by atoms with Gasteiger partial charge in [-0.3, -0.25) is 0 Å². The van der Waals surface area contributed by atoms with Crippen LogP contribution in [0.5, 0.6) is 0 Å². The Bertz CT molecular complexity index is 582. The lowest BCUT2D eigenvalue weighted by molar-refractivity contribution is 0.318. The van der Waals surface area contributed by atoms with Gasteiger partial charge in [-0.25, -0.2) is 4.98 Å². The second-order valence-corrected chi connectivity index (χ2v) is 5.61. The molecule has 0 fully saturated rings. The Morgan fingerprint density at radius 3 is 2.83 bits per heavy atom. The second-order valence-electron chi connectivity index (χ2n) is 3.48. The first-order chi connectivity index (χ1) is 8.63. The van der Waals surface area contributed by atoms with Gasteiger partial charge in [0.15, 0.2) is 10.2 Å². The van der Waals surface area contributed by atoms with Crippen LogP contribution in [0.15, 0.2) is 26.1 Å². The molecule has 3 N–H and O–H groups in total. The van der Waals surface area contributed by atoms with Crippen LogP contribution < -0.4 is 5.73 Å². The van der Waals surface area contributed by atoms with E-state index in [1.54, 1.807) is 6.20 Å². The fourth-order valence-corrected chi connectivity index (χ4v) is 3.03. The summed E-state index contributed by atoms with van der Waals surface area (Å²) in [5, 5.41) is 22.5. The van der Waals surface area contributed by atoms with Crippen LogP contribution in [0.1, 0.15) is 16.8 Å². The molecule has 2 aromatic rings. The number of hydrogen-bond acceptors (Lipinski definition) is 7. The van der Waals surface area contributed by atoms with Crippen molar-refractivity contribution in [3.8, 4) is 0 Å². The Morgan fingerprint density at radius 2 is 2.22 bits per heavy atom.